The van der Waals surface area contributed by atoms with E-state index in [0.29, 0.717) is 6.42 Å². The molecule has 0 amide bonds. The molecule has 10 heteroatoms. The molecule has 1 aliphatic heterocycles. The van der Waals surface area contributed by atoms with E-state index in [-0.39, 0.29) is 23.2 Å². The number of aliphatic hydroxyl groups is 2. The van der Waals surface area contributed by atoms with Crippen LogP contribution in [-0.4, -0.2) is 61.3 Å². The van der Waals surface area contributed by atoms with Gasteiger partial charge in [0, 0.05) is 24.8 Å². The molecule has 0 saturated carbocycles. The molecule has 0 radical (unpaired) electrons. The quantitative estimate of drug-likeness (QED) is 0.0912. The first-order valence-electron chi connectivity index (χ1n) is 20.1. The standard InChI is InChI=1S/C47H58N2O6Si2/c1-8-9-22-35(50)33-41-48-42(51)31-32-49(41)45-43(52)44(55-57(47(5,6)7,38-27-18-12-19-28-38)39-29-20-13-21-30-39)40(54-45)34-53-56(46(2,3)4,36-23-14-10-15-24-36)37-25-16-11-17-26-37/h10-21,23-33,40,43-45,50,52H,8-9,22,34H2,1-7H3/b35-33-/t40-,43+,44-,45-/m1/s1. The normalized spacial score (nSPS) is 19.5. The van der Waals surface area contributed by atoms with E-state index in [0.717, 1.165) is 33.6 Å². The highest BCUT2D eigenvalue weighted by molar-refractivity contribution is 7.00. The molecule has 300 valence electrons. The summed E-state index contributed by atoms with van der Waals surface area (Å²) in [5, 5.41) is 27.3. The molecule has 4 atom stereocenters. The number of ether oxygens (including phenoxy) is 1. The van der Waals surface area contributed by atoms with Gasteiger partial charge >= 0.3 is 0 Å². The van der Waals surface area contributed by atoms with E-state index in [2.05, 4.69) is 119 Å². The van der Waals surface area contributed by atoms with Crippen LogP contribution in [0.15, 0.2) is 144 Å². The van der Waals surface area contributed by atoms with Crippen LogP contribution < -0.4 is 26.3 Å². The summed E-state index contributed by atoms with van der Waals surface area (Å²) in [7, 11) is -6.30. The Morgan fingerprint density at radius 2 is 1.21 bits per heavy atom. The Morgan fingerprint density at radius 3 is 1.65 bits per heavy atom. The molecule has 5 aromatic rings. The first-order chi connectivity index (χ1) is 27.2. The molecule has 0 aliphatic carbocycles. The van der Waals surface area contributed by atoms with Crippen molar-refractivity contribution in [2.45, 2.75) is 102 Å². The van der Waals surface area contributed by atoms with Crippen molar-refractivity contribution < 1.29 is 23.8 Å². The predicted octanol–water partition coefficient (Wildman–Crippen LogP) is 7.11. The smallest absolute Gasteiger partial charge is 0.273 e. The molecule has 1 aliphatic rings. The number of aromatic nitrogens is 2. The second-order valence-electron chi connectivity index (χ2n) is 17.0. The Morgan fingerprint density at radius 1 is 0.754 bits per heavy atom. The van der Waals surface area contributed by atoms with Crippen LogP contribution in [0.1, 0.15) is 79.8 Å². The summed E-state index contributed by atoms with van der Waals surface area (Å²) in [6.07, 6.45) is 1.33. The highest BCUT2D eigenvalue weighted by atomic mass is 28.4. The van der Waals surface area contributed by atoms with Gasteiger partial charge in [-0.15, -0.1) is 0 Å². The molecule has 8 nitrogen and oxygen atoms in total. The first-order valence-corrected chi connectivity index (χ1v) is 23.9. The van der Waals surface area contributed by atoms with Gasteiger partial charge in [-0.1, -0.05) is 176 Å². The third-order valence-corrected chi connectivity index (χ3v) is 21.2. The van der Waals surface area contributed by atoms with Crippen molar-refractivity contribution in [1.29, 1.82) is 0 Å². The predicted molar refractivity (Wildman–Crippen MR) is 235 cm³/mol. The van der Waals surface area contributed by atoms with Crippen molar-refractivity contribution in [1.82, 2.24) is 9.55 Å². The van der Waals surface area contributed by atoms with Gasteiger partial charge in [0.15, 0.2) is 6.23 Å². The minimum absolute atomic E-state index is 0.0999. The lowest BCUT2D eigenvalue weighted by Crippen LogP contribution is -2.69. The van der Waals surface area contributed by atoms with Gasteiger partial charge in [0.1, 0.15) is 24.1 Å². The largest absolute Gasteiger partial charge is 0.512 e. The molecular weight excluding hydrogens is 745 g/mol. The summed E-state index contributed by atoms with van der Waals surface area (Å²) in [6.45, 7) is 15.5. The van der Waals surface area contributed by atoms with Crippen LogP contribution in [0.4, 0.5) is 0 Å². The minimum atomic E-state index is -3.24. The second-order valence-corrected chi connectivity index (χ2v) is 25.6. The average Bonchev–Trinajstić information content (AvgIpc) is 3.50. The fraction of sp³-hybridized carbons (Fsp3) is 0.362. The van der Waals surface area contributed by atoms with Crippen molar-refractivity contribution >= 4 is 43.5 Å². The van der Waals surface area contributed by atoms with Crippen molar-refractivity contribution in [3.05, 3.63) is 156 Å². The summed E-state index contributed by atoms with van der Waals surface area (Å²) in [5.74, 6) is 0.292. The van der Waals surface area contributed by atoms with Crippen LogP contribution >= 0.6 is 0 Å². The Kier molecular flexibility index (Phi) is 13.0. The fourth-order valence-electron chi connectivity index (χ4n) is 8.42. The van der Waals surface area contributed by atoms with E-state index in [9.17, 15) is 15.0 Å². The van der Waals surface area contributed by atoms with Crippen molar-refractivity contribution in [3.8, 4) is 0 Å². The maximum absolute atomic E-state index is 12.7. The van der Waals surface area contributed by atoms with Crippen molar-refractivity contribution in [2.75, 3.05) is 6.61 Å². The Hall–Kier alpha value is -4.43. The summed E-state index contributed by atoms with van der Waals surface area (Å²) in [4.78, 5) is 17.0. The van der Waals surface area contributed by atoms with E-state index in [1.165, 1.54) is 12.1 Å². The zero-order valence-electron chi connectivity index (χ0n) is 34.3. The number of nitrogens with zero attached hydrogens (tertiary/aromatic N) is 2. The maximum Gasteiger partial charge on any atom is 0.273 e. The van der Waals surface area contributed by atoms with Crippen molar-refractivity contribution in [3.63, 3.8) is 0 Å². The number of aliphatic hydroxyl groups excluding tert-OH is 2. The van der Waals surface area contributed by atoms with Gasteiger partial charge in [0.25, 0.3) is 22.2 Å². The first kappa shape index (κ1) is 42.2. The monoisotopic (exact) mass is 802 g/mol. The molecule has 1 saturated heterocycles. The van der Waals surface area contributed by atoms with Crippen LogP contribution in [0.5, 0.6) is 0 Å². The van der Waals surface area contributed by atoms with E-state index in [1.807, 2.05) is 55.5 Å². The Labute approximate surface area is 340 Å². The second kappa shape index (κ2) is 17.6. The third-order valence-electron chi connectivity index (χ3n) is 11.1. The highest BCUT2D eigenvalue weighted by Gasteiger charge is 2.58. The summed E-state index contributed by atoms with van der Waals surface area (Å²) in [6, 6.07) is 43.0. The number of allylic oxidation sites excluding steroid dienone is 1. The number of hydrogen-bond donors (Lipinski definition) is 2. The topological polar surface area (TPSA) is 103 Å². The zero-order valence-corrected chi connectivity index (χ0v) is 36.3. The lowest BCUT2D eigenvalue weighted by molar-refractivity contribution is -0.0511. The number of unbranched alkanes of at least 4 members (excludes halogenated alkanes) is 1. The molecule has 1 fully saturated rings. The molecular formula is C47H58N2O6Si2. The summed E-state index contributed by atoms with van der Waals surface area (Å²) < 4.78 is 23.8. The molecule has 2 heterocycles. The molecule has 0 unspecified atom stereocenters. The van der Waals surface area contributed by atoms with Gasteiger partial charge in [-0.3, -0.25) is 4.79 Å². The molecule has 57 heavy (non-hydrogen) atoms. The average molecular weight is 803 g/mol. The van der Waals surface area contributed by atoms with Gasteiger partial charge < -0.3 is 28.4 Å². The van der Waals surface area contributed by atoms with Gasteiger partial charge in [0.05, 0.1) is 12.4 Å². The molecule has 2 N–H and O–H groups in total. The van der Waals surface area contributed by atoms with E-state index in [1.54, 1.807) is 10.8 Å². The molecule has 6 rings (SSSR count). The van der Waals surface area contributed by atoms with Crippen molar-refractivity contribution in [2.24, 2.45) is 0 Å². The lowest BCUT2D eigenvalue weighted by atomic mass is 10.1. The molecule has 0 bridgehead atoms. The Balaban J connectivity index is 1.53. The number of benzene rings is 4. The Bertz CT molecular complexity index is 2060. The van der Waals surface area contributed by atoms with Gasteiger partial charge in [0.2, 0.25) is 0 Å². The van der Waals surface area contributed by atoms with Gasteiger partial charge in [-0.05, 0) is 37.2 Å². The van der Waals surface area contributed by atoms with E-state index >= 15 is 0 Å². The van der Waals surface area contributed by atoms with Crippen LogP contribution in [0.2, 0.25) is 10.1 Å². The zero-order chi connectivity index (χ0) is 40.8. The number of hydrogen-bond acceptors (Lipinski definition) is 7. The van der Waals surface area contributed by atoms with E-state index in [4.69, 9.17) is 13.6 Å². The minimum Gasteiger partial charge on any atom is -0.512 e. The third kappa shape index (κ3) is 8.58. The summed E-state index contributed by atoms with van der Waals surface area (Å²) in [5.41, 5.74) is -0.458. The SMILES string of the molecule is CCCC/C(O)=C/c1nc(=O)ccn1[C@@H]1O[C@H](CO[Si](c2ccccc2)(c2ccccc2)C(C)(C)C)[C@@H](O[Si](c2ccccc2)(c2ccccc2)C(C)(C)C)[C@@H]1O. The molecule has 4 aromatic carbocycles. The number of rotatable bonds is 14. The van der Waals surface area contributed by atoms with E-state index < -0.39 is 51.8 Å². The van der Waals surface area contributed by atoms with Crippen LogP contribution in [-0.2, 0) is 13.6 Å². The maximum atomic E-state index is 12.7. The van der Waals surface area contributed by atoms with Gasteiger partial charge in [-0.25, -0.2) is 0 Å². The van der Waals surface area contributed by atoms with Gasteiger partial charge in [-0.2, -0.15) is 4.98 Å². The molecule has 0 spiro atoms. The highest BCUT2D eigenvalue weighted by Crippen LogP contribution is 2.43. The van der Waals surface area contributed by atoms with Crippen LogP contribution in [0.25, 0.3) is 6.08 Å². The van der Waals surface area contributed by atoms with Crippen LogP contribution in [0.3, 0.4) is 0 Å². The molecule has 1 aromatic heterocycles. The summed E-state index contributed by atoms with van der Waals surface area (Å²) >= 11 is 0. The lowest BCUT2D eigenvalue weighted by Gasteiger charge is -2.46. The van der Waals surface area contributed by atoms with Crippen LogP contribution in [0, 0.1) is 0 Å². The fourth-order valence-corrected chi connectivity index (χ4v) is 17.7.